The minimum Gasteiger partial charge on any atom is -0.352 e. The Kier molecular flexibility index (Phi) is 12.3. The third-order valence-corrected chi connectivity index (χ3v) is 9.45. The molecule has 2 N–H and O–H groups in total. The Labute approximate surface area is 216 Å². The average Bonchev–Trinajstić information content (AvgIpc) is 2.88. The van der Waals surface area contributed by atoms with Crippen LogP contribution in [0.3, 0.4) is 0 Å². The van der Waals surface area contributed by atoms with Crippen molar-refractivity contribution < 1.29 is 4.79 Å². The summed E-state index contributed by atoms with van der Waals surface area (Å²) in [5.41, 5.74) is 0. The van der Waals surface area contributed by atoms with Crippen molar-refractivity contribution in [1.82, 2.24) is 20.4 Å². The summed E-state index contributed by atoms with van der Waals surface area (Å²) in [7, 11) is 0. The Morgan fingerprint density at radius 1 is 1.06 bits per heavy atom. The van der Waals surface area contributed by atoms with E-state index in [2.05, 4.69) is 48.1 Å². The fraction of sp³-hybridized carbons (Fsp3) is 0.741. The van der Waals surface area contributed by atoms with Gasteiger partial charge in [0.1, 0.15) is 5.82 Å². The normalized spacial score (nSPS) is 21.4. The second-order valence-corrected chi connectivity index (χ2v) is 12.1. The summed E-state index contributed by atoms with van der Waals surface area (Å²) in [6, 6.07) is 1.29. The van der Waals surface area contributed by atoms with Crippen LogP contribution < -0.4 is 10.6 Å². The molecule has 0 aromatic carbocycles. The zero-order chi connectivity index (χ0) is 24.2. The van der Waals surface area contributed by atoms with Crippen LogP contribution in [0.15, 0.2) is 33.8 Å². The molecule has 1 saturated heterocycles. The molecule has 7 heteroatoms. The molecule has 0 unspecified atom stereocenters. The number of nitrogens with one attached hydrogen (secondary N) is 2. The average molecular weight is 507 g/mol. The maximum absolute atomic E-state index is 12.6. The number of piperazine rings is 1. The molecule has 3 fully saturated rings. The van der Waals surface area contributed by atoms with Crippen LogP contribution in [0.5, 0.6) is 0 Å². The molecule has 1 aliphatic heterocycles. The third kappa shape index (κ3) is 8.56. The van der Waals surface area contributed by atoms with Crippen molar-refractivity contribution in [3.8, 4) is 0 Å². The second-order valence-electron chi connectivity index (χ2n) is 9.67. The summed E-state index contributed by atoms with van der Waals surface area (Å²) in [5.74, 6) is 1.99. The molecular formula is C27H46N4OS2. The monoisotopic (exact) mass is 506 g/mol. The molecule has 1 amide bonds. The van der Waals surface area contributed by atoms with Crippen LogP contribution in [0.4, 0.5) is 0 Å². The van der Waals surface area contributed by atoms with E-state index in [1.54, 1.807) is 23.5 Å². The number of carbonyl (C=O) groups excluding carboxylic acids is 1. The molecule has 0 bridgehead atoms. The number of hydrogen-bond donors (Lipinski definition) is 2. The lowest BCUT2D eigenvalue weighted by molar-refractivity contribution is -0.128. The van der Waals surface area contributed by atoms with Crippen molar-refractivity contribution in [2.24, 2.45) is 0 Å². The minimum atomic E-state index is 0.234. The standard InChI is InChI=1S/C27H46N4OS2/c1-4-12-25(31(23-13-8-6-9-14-23)24-15-10-7-11-16-24)29-22(3)34-27(5-2)33-21-26(32)30-19-17-28-18-20-30/h5,12,23-24,28-29H,3-4,6-11,13-21H2,1-2H3/b25-12-,27-5-. The number of allylic oxidation sites excluding steroid dienone is 2. The van der Waals surface area contributed by atoms with Crippen molar-refractivity contribution in [3.05, 3.63) is 33.8 Å². The van der Waals surface area contributed by atoms with Gasteiger partial charge in [0, 0.05) is 42.5 Å². The summed E-state index contributed by atoms with van der Waals surface area (Å²) < 4.78 is 1.14. The lowest BCUT2D eigenvalue weighted by atomic mass is 9.88. The molecule has 2 aliphatic carbocycles. The summed E-state index contributed by atoms with van der Waals surface area (Å²) in [5, 5.41) is 7.99. The molecule has 3 aliphatic rings. The highest BCUT2D eigenvalue weighted by atomic mass is 32.2. The van der Waals surface area contributed by atoms with Gasteiger partial charge in [-0.2, -0.15) is 0 Å². The summed E-state index contributed by atoms with van der Waals surface area (Å²) in [6.07, 6.45) is 18.9. The highest BCUT2D eigenvalue weighted by molar-refractivity contribution is 8.24. The molecular weight excluding hydrogens is 460 g/mol. The van der Waals surface area contributed by atoms with Gasteiger partial charge in [-0.1, -0.05) is 69.9 Å². The van der Waals surface area contributed by atoms with Crippen molar-refractivity contribution in [2.45, 2.75) is 96.6 Å². The van der Waals surface area contributed by atoms with Gasteiger partial charge in [0.25, 0.3) is 0 Å². The van der Waals surface area contributed by atoms with E-state index in [4.69, 9.17) is 0 Å². The van der Waals surface area contributed by atoms with Crippen LogP contribution in [0.2, 0.25) is 0 Å². The molecule has 3 rings (SSSR count). The summed E-state index contributed by atoms with van der Waals surface area (Å²) in [4.78, 5) is 17.3. The molecule has 0 aromatic rings. The van der Waals surface area contributed by atoms with E-state index >= 15 is 0 Å². The lowest BCUT2D eigenvalue weighted by Crippen LogP contribution is -2.47. The zero-order valence-electron chi connectivity index (χ0n) is 21.4. The highest BCUT2D eigenvalue weighted by Crippen LogP contribution is 2.36. The fourth-order valence-corrected chi connectivity index (χ4v) is 7.27. The van der Waals surface area contributed by atoms with Crippen molar-refractivity contribution >= 4 is 29.4 Å². The molecule has 5 nitrogen and oxygen atoms in total. The maximum Gasteiger partial charge on any atom is 0.233 e. The minimum absolute atomic E-state index is 0.234. The molecule has 0 spiro atoms. The molecule has 0 atom stereocenters. The van der Waals surface area contributed by atoms with Crippen molar-refractivity contribution in [1.29, 1.82) is 0 Å². The predicted octanol–water partition coefficient (Wildman–Crippen LogP) is 6.03. The summed E-state index contributed by atoms with van der Waals surface area (Å²) >= 11 is 3.30. The largest absolute Gasteiger partial charge is 0.352 e. The Bertz CT molecular complexity index is 687. The van der Waals surface area contributed by atoms with Gasteiger partial charge in [0.05, 0.1) is 10.8 Å². The first-order chi connectivity index (χ1) is 16.6. The number of rotatable bonds is 11. The number of hydrogen-bond acceptors (Lipinski definition) is 6. The van der Waals surface area contributed by atoms with E-state index in [1.807, 2.05) is 4.90 Å². The first kappa shape index (κ1) is 27.5. The first-order valence-corrected chi connectivity index (χ1v) is 15.3. The Hall–Kier alpha value is -1.05. The number of carbonyl (C=O) groups is 1. The van der Waals surface area contributed by atoms with Gasteiger partial charge < -0.3 is 20.4 Å². The lowest BCUT2D eigenvalue weighted by Gasteiger charge is -2.45. The van der Waals surface area contributed by atoms with Gasteiger partial charge in [-0.05, 0) is 45.1 Å². The Morgan fingerprint density at radius 3 is 2.18 bits per heavy atom. The van der Waals surface area contributed by atoms with Crippen LogP contribution >= 0.6 is 23.5 Å². The smallest absolute Gasteiger partial charge is 0.233 e. The molecule has 192 valence electrons. The van der Waals surface area contributed by atoms with E-state index in [-0.39, 0.29) is 5.91 Å². The number of amides is 1. The van der Waals surface area contributed by atoms with Gasteiger partial charge in [-0.3, -0.25) is 4.79 Å². The van der Waals surface area contributed by atoms with E-state index in [0.29, 0.717) is 17.8 Å². The van der Waals surface area contributed by atoms with Crippen LogP contribution in [0.25, 0.3) is 0 Å². The maximum atomic E-state index is 12.6. The first-order valence-electron chi connectivity index (χ1n) is 13.5. The molecule has 0 aromatic heterocycles. The quantitative estimate of drug-likeness (QED) is 0.357. The van der Waals surface area contributed by atoms with Gasteiger partial charge in [0.2, 0.25) is 5.91 Å². The van der Waals surface area contributed by atoms with E-state index in [1.165, 1.54) is 70.0 Å². The number of nitrogens with zero attached hydrogens (tertiary/aromatic N) is 2. The van der Waals surface area contributed by atoms with Gasteiger partial charge in [-0.15, -0.1) is 11.8 Å². The zero-order valence-corrected chi connectivity index (χ0v) is 23.1. The molecule has 2 saturated carbocycles. The van der Waals surface area contributed by atoms with E-state index in [9.17, 15) is 4.79 Å². The SMILES string of the molecule is C=C(N/C(=C/CC)N(C1CCCCC1)C1CCCCC1)S/C(=C\C)SCC(=O)N1CCNCC1. The van der Waals surface area contributed by atoms with Crippen LogP contribution in [0, 0.1) is 0 Å². The van der Waals surface area contributed by atoms with Crippen LogP contribution in [0.1, 0.15) is 84.5 Å². The Morgan fingerprint density at radius 2 is 1.65 bits per heavy atom. The van der Waals surface area contributed by atoms with Crippen LogP contribution in [-0.2, 0) is 4.79 Å². The topological polar surface area (TPSA) is 47.6 Å². The van der Waals surface area contributed by atoms with E-state index < -0.39 is 0 Å². The fourth-order valence-electron chi connectivity index (χ4n) is 5.42. The molecule has 0 radical (unpaired) electrons. The third-order valence-electron chi connectivity index (χ3n) is 7.15. The van der Waals surface area contributed by atoms with Crippen LogP contribution in [-0.4, -0.2) is 59.7 Å². The van der Waals surface area contributed by atoms with Gasteiger partial charge in [0.15, 0.2) is 0 Å². The molecule has 34 heavy (non-hydrogen) atoms. The predicted molar refractivity (Wildman–Crippen MR) is 149 cm³/mol. The number of thioether (sulfide) groups is 2. The second kappa shape index (κ2) is 15.1. The van der Waals surface area contributed by atoms with Crippen molar-refractivity contribution in [2.75, 3.05) is 31.9 Å². The highest BCUT2D eigenvalue weighted by Gasteiger charge is 2.30. The Balaban J connectivity index is 1.60. The molecule has 1 heterocycles. The van der Waals surface area contributed by atoms with E-state index in [0.717, 1.165) is 41.9 Å². The van der Waals surface area contributed by atoms with Gasteiger partial charge >= 0.3 is 0 Å². The van der Waals surface area contributed by atoms with Gasteiger partial charge in [-0.25, -0.2) is 0 Å². The van der Waals surface area contributed by atoms with Crippen molar-refractivity contribution in [3.63, 3.8) is 0 Å². The summed E-state index contributed by atoms with van der Waals surface area (Å²) in [6.45, 7) is 12.1.